The van der Waals surface area contributed by atoms with Crippen molar-refractivity contribution in [1.82, 2.24) is 0 Å². The zero-order valence-corrected chi connectivity index (χ0v) is 15.9. The van der Waals surface area contributed by atoms with Gasteiger partial charge in [0.15, 0.2) is 0 Å². The monoisotopic (exact) mass is 378 g/mol. The lowest BCUT2D eigenvalue weighted by Crippen LogP contribution is -2.33. The van der Waals surface area contributed by atoms with Crippen molar-refractivity contribution >= 4 is 27.3 Å². The van der Waals surface area contributed by atoms with Crippen LogP contribution in [0.5, 0.6) is 0 Å². The minimum Gasteiger partial charge on any atom is -0.326 e. The molecule has 26 heavy (non-hydrogen) atoms. The SMILES string of the molecule is CC(C)c1ccc(N(CCC(=O)Nc2ccc(F)cc2)S(C)(=O)=O)cc1. The Bertz CT molecular complexity index is 847. The van der Waals surface area contributed by atoms with Gasteiger partial charge < -0.3 is 5.32 Å². The zero-order valence-electron chi connectivity index (χ0n) is 15.1. The molecule has 5 nitrogen and oxygen atoms in total. The van der Waals surface area contributed by atoms with Crippen LogP contribution in [0.15, 0.2) is 48.5 Å². The predicted octanol–water partition coefficient (Wildman–Crippen LogP) is 3.74. The number of carbonyl (C=O) groups is 1. The molecule has 0 atom stereocenters. The lowest BCUT2D eigenvalue weighted by molar-refractivity contribution is -0.116. The van der Waals surface area contributed by atoms with E-state index in [1.165, 1.54) is 28.6 Å². The van der Waals surface area contributed by atoms with Gasteiger partial charge >= 0.3 is 0 Å². The highest BCUT2D eigenvalue weighted by Gasteiger charge is 2.19. The number of sulfonamides is 1. The molecule has 0 aliphatic heterocycles. The number of amides is 1. The topological polar surface area (TPSA) is 66.5 Å². The molecule has 0 bridgehead atoms. The Hall–Kier alpha value is -2.41. The van der Waals surface area contributed by atoms with Gasteiger partial charge in [0.2, 0.25) is 15.9 Å². The maximum absolute atomic E-state index is 12.9. The Morgan fingerprint density at radius 1 is 1.08 bits per heavy atom. The van der Waals surface area contributed by atoms with Gasteiger partial charge in [0.25, 0.3) is 0 Å². The smallest absolute Gasteiger partial charge is 0.232 e. The van der Waals surface area contributed by atoms with E-state index in [4.69, 9.17) is 0 Å². The molecule has 0 unspecified atom stereocenters. The Morgan fingerprint density at radius 3 is 2.15 bits per heavy atom. The van der Waals surface area contributed by atoms with Crippen molar-refractivity contribution < 1.29 is 17.6 Å². The maximum atomic E-state index is 12.9. The van der Waals surface area contributed by atoms with E-state index in [0.717, 1.165) is 11.8 Å². The van der Waals surface area contributed by atoms with Gasteiger partial charge in [0.05, 0.1) is 11.9 Å². The average molecular weight is 378 g/mol. The largest absolute Gasteiger partial charge is 0.326 e. The first-order valence-corrected chi connectivity index (χ1v) is 10.1. The summed E-state index contributed by atoms with van der Waals surface area (Å²) < 4.78 is 38.3. The number of anilines is 2. The van der Waals surface area contributed by atoms with Gasteiger partial charge in [-0.25, -0.2) is 12.8 Å². The lowest BCUT2D eigenvalue weighted by Gasteiger charge is -2.22. The van der Waals surface area contributed by atoms with Gasteiger partial charge in [-0.05, 0) is 47.9 Å². The van der Waals surface area contributed by atoms with Crippen LogP contribution in [0, 0.1) is 5.82 Å². The van der Waals surface area contributed by atoms with E-state index in [9.17, 15) is 17.6 Å². The van der Waals surface area contributed by atoms with Crippen LogP contribution < -0.4 is 9.62 Å². The quantitative estimate of drug-likeness (QED) is 0.798. The molecule has 2 aromatic carbocycles. The molecule has 1 N–H and O–H groups in total. The summed E-state index contributed by atoms with van der Waals surface area (Å²) in [7, 11) is -3.52. The van der Waals surface area contributed by atoms with Crippen LogP contribution in [0.1, 0.15) is 31.7 Å². The van der Waals surface area contributed by atoms with Gasteiger partial charge in [0.1, 0.15) is 5.82 Å². The summed E-state index contributed by atoms with van der Waals surface area (Å²) in [6.07, 6.45) is 1.09. The van der Waals surface area contributed by atoms with Crippen LogP contribution in [0.2, 0.25) is 0 Å². The van der Waals surface area contributed by atoms with Crippen LogP contribution in [-0.2, 0) is 14.8 Å². The molecule has 0 aliphatic carbocycles. The molecule has 0 aromatic heterocycles. The molecular formula is C19H23FN2O3S. The third-order valence-corrected chi connectivity index (χ3v) is 5.11. The molecule has 140 valence electrons. The van der Waals surface area contributed by atoms with Gasteiger partial charge in [-0.1, -0.05) is 26.0 Å². The number of nitrogens with one attached hydrogen (secondary N) is 1. The molecular weight excluding hydrogens is 355 g/mol. The van der Waals surface area contributed by atoms with Crippen LogP contribution in [0.25, 0.3) is 0 Å². The molecule has 7 heteroatoms. The first-order chi connectivity index (χ1) is 12.2. The van der Waals surface area contributed by atoms with E-state index in [1.807, 2.05) is 12.1 Å². The summed E-state index contributed by atoms with van der Waals surface area (Å²) in [6, 6.07) is 12.7. The number of benzene rings is 2. The Morgan fingerprint density at radius 2 is 1.65 bits per heavy atom. The summed E-state index contributed by atoms with van der Waals surface area (Å²) in [6.45, 7) is 4.14. The molecule has 0 fully saturated rings. The fourth-order valence-electron chi connectivity index (χ4n) is 2.47. The van der Waals surface area contributed by atoms with Crippen molar-refractivity contribution in [3.05, 3.63) is 59.9 Å². The second kappa shape index (κ2) is 8.31. The van der Waals surface area contributed by atoms with Crippen LogP contribution >= 0.6 is 0 Å². The van der Waals surface area contributed by atoms with Crippen molar-refractivity contribution in [2.75, 3.05) is 22.4 Å². The number of rotatable bonds is 7. The van der Waals surface area contributed by atoms with Crippen molar-refractivity contribution in [1.29, 1.82) is 0 Å². The molecule has 0 spiro atoms. The third-order valence-electron chi connectivity index (χ3n) is 3.92. The summed E-state index contributed by atoms with van der Waals surface area (Å²) in [5.41, 5.74) is 2.09. The number of hydrogen-bond acceptors (Lipinski definition) is 3. The van der Waals surface area contributed by atoms with E-state index >= 15 is 0 Å². The highest BCUT2D eigenvalue weighted by atomic mass is 32.2. The predicted molar refractivity (Wildman–Crippen MR) is 102 cm³/mol. The summed E-state index contributed by atoms with van der Waals surface area (Å²) in [5, 5.41) is 2.62. The molecule has 2 rings (SSSR count). The summed E-state index contributed by atoms with van der Waals surface area (Å²) in [5.74, 6) is -0.391. The van der Waals surface area contributed by atoms with Gasteiger partial charge in [-0.3, -0.25) is 9.10 Å². The average Bonchev–Trinajstić information content (AvgIpc) is 2.56. The number of hydrogen-bond donors (Lipinski definition) is 1. The first-order valence-electron chi connectivity index (χ1n) is 8.30. The van der Waals surface area contributed by atoms with Crippen molar-refractivity contribution in [3.63, 3.8) is 0 Å². The molecule has 2 aromatic rings. The number of nitrogens with zero attached hydrogens (tertiary/aromatic N) is 1. The molecule has 1 amide bonds. The van der Waals surface area contributed by atoms with Crippen LogP contribution in [0.3, 0.4) is 0 Å². The Balaban J connectivity index is 2.06. The second-order valence-electron chi connectivity index (χ2n) is 6.39. The van der Waals surface area contributed by atoms with Crippen molar-refractivity contribution in [2.45, 2.75) is 26.2 Å². The van der Waals surface area contributed by atoms with Crippen molar-refractivity contribution in [2.24, 2.45) is 0 Å². The molecule has 0 radical (unpaired) electrons. The second-order valence-corrected chi connectivity index (χ2v) is 8.29. The zero-order chi connectivity index (χ0) is 19.3. The normalized spacial score (nSPS) is 11.4. The molecule has 0 aliphatic rings. The highest BCUT2D eigenvalue weighted by molar-refractivity contribution is 7.92. The Kier molecular flexibility index (Phi) is 6.37. The van der Waals surface area contributed by atoms with E-state index in [-0.39, 0.29) is 18.9 Å². The molecule has 0 saturated carbocycles. The number of halogens is 1. The van der Waals surface area contributed by atoms with E-state index < -0.39 is 15.8 Å². The fraction of sp³-hybridized carbons (Fsp3) is 0.316. The fourth-order valence-corrected chi connectivity index (χ4v) is 3.40. The van der Waals surface area contributed by atoms with Gasteiger partial charge in [-0.2, -0.15) is 0 Å². The third kappa shape index (κ3) is 5.56. The van der Waals surface area contributed by atoms with E-state index in [1.54, 1.807) is 12.1 Å². The number of carbonyl (C=O) groups excluding carboxylic acids is 1. The highest BCUT2D eigenvalue weighted by Crippen LogP contribution is 2.22. The Labute approximate surface area is 153 Å². The summed E-state index contributed by atoms with van der Waals surface area (Å²) in [4.78, 5) is 12.1. The van der Waals surface area contributed by atoms with Crippen LogP contribution in [0.4, 0.5) is 15.8 Å². The maximum Gasteiger partial charge on any atom is 0.232 e. The van der Waals surface area contributed by atoms with E-state index in [0.29, 0.717) is 17.3 Å². The van der Waals surface area contributed by atoms with Gasteiger partial charge in [0, 0.05) is 18.7 Å². The van der Waals surface area contributed by atoms with Gasteiger partial charge in [-0.15, -0.1) is 0 Å². The lowest BCUT2D eigenvalue weighted by atomic mass is 10.0. The van der Waals surface area contributed by atoms with Crippen LogP contribution in [-0.4, -0.2) is 27.1 Å². The van der Waals surface area contributed by atoms with E-state index in [2.05, 4.69) is 19.2 Å². The molecule has 0 heterocycles. The molecule has 0 saturated heterocycles. The standard InChI is InChI=1S/C19H23FN2O3S/c1-14(2)15-4-10-18(11-5-15)22(26(3,24)25)13-12-19(23)21-17-8-6-16(20)7-9-17/h4-11,14H,12-13H2,1-3H3,(H,21,23). The first kappa shape index (κ1) is 19.9. The van der Waals surface area contributed by atoms with Crippen molar-refractivity contribution in [3.8, 4) is 0 Å². The minimum absolute atomic E-state index is 0.0175. The summed E-state index contributed by atoms with van der Waals surface area (Å²) >= 11 is 0. The minimum atomic E-state index is -3.52.